The molecule has 0 aliphatic heterocycles. The first kappa shape index (κ1) is 17.4. The number of nitro groups is 2. The third kappa shape index (κ3) is 4.09. The molecular formula is C13H6Cl2N2O7. The predicted molar refractivity (Wildman–Crippen MR) is 82.9 cm³/mol. The highest BCUT2D eigenvalue weighted by molar-refractivity contribution is 6.31. The number of rotatable bonds is 4. The average molecular weight is 373 g/mol. The Balaban J connectivity index is 2.24. The van der Waals surface area contributed by atoms with Gasteiger partial charge in [0.25, 0.3) is 0 Å². The van der Waals surface area contributed by atoms with Crippen molar-refractivity contribution in [2.45, 2.75) is 0 Å². The summed E-state index contributed by atoms with van der Waals surface area (Å²) >= 11 is 11.3. The maximum atomic E-state index is 11.7. The van der Waals surface area contributed by atoms with Gasteiger partial charge >= 0.3 is 17.5 Å². The maximum Gasteiger partial charge on any atom is 0.519 e. The number of benzene rings is 2. The van der Waals surface area contributed by atoms with Crippen molar-refractivity contribution in [1.82, 2.24) is 0 Å². The number of nitro benzene ring substituents is 2. The van der Waals surface area contributed by atoms with Crippen molar-refractivity contribution < 1.29 is 24.1 Å². The van der Waals surface area contributed by atoms with Gasteiger partial charge in [-0.05, 0) is 24.3 Å². The minimum Gasteiger partial charge on any atom is -0.387 e. The van der Waals surface area contributed by atoms with Crippen LogP contribution >= 0.6 is 23.2 Å². The van der Waals surface area contributed by atoms with Crippen LogP contribution in [0, 0.1) is 20.2 Å². The van der Waals surface area contributed by atoms with Gasteiger partial charge in [-0.25, -0.2) is 4.79 Å². The second-order valence-corrected chi connectivity index (χ2v) is 5.07. The van der Waals surface area contributed by atoms with E-state index in [1.54, 1.807) is 0 Å². The molecule has 0 aromatic heterocycles. The monoisotopic (exact) mass is 372 g/mol. The molecule has 0 N–H and O–H groups in total. The van der Waals surface area contributed by atoms with Crippen LogP contribution in [0.3, 0.4) is 0 Å². The Morgan fingerprint density at radius 2 is 1.21 bits per heavy atom. The van der Waals surface area contributed by atoms with Crippen LogP contribution in [0.2, 0.25) is 10.0 Å². The Hall–Kier alpha value is -2.91. The lowest BCUT2D eigenvalue weighted by Crippen LogP contribution is -2.15. The zero-order valence-electron chi connectivity index (χ0n) is 11.5. The minimum absolute atomic E-state index is 0.0655. The Labute approximate surface area is 143 Å². The molecule has 0 atom stereocenters. The maximum absolute atomic E-state index is 11.7. The summed E-state index contributed by atoms with van der Waals surface area (Å²) in [5.41, 5.74) is -1.13. The fourth-order valence-corrected chi connectivity index (χ4v) is 1.97. The molecule has 0 bridgehead atoms. The number of halogens is 2. The first-order chi connectivity index (χ1) is 11.3. The van der Waals surface area contributed by atoms with Crippen LogP contribution in [0.4, 0.5) is 16.2 Å². The predicted octanol–water partition coefficient (Wildman–Crippen LogP) is 4.39. The molecule has 0 fully saturated rings. The summed E-state index contributed by atoms with van der Waals surface area (Å²) in [6.07, 6.45) is -1.40. The van der Waals surface area contributed by atoms with Gasteiger partial charge in [0.1, 0.15) is 0 Å². The molecule has 2 rings (SSSR count). The van der Waals surface area contributed by atoms with Crippen LogP contribution < -0.4 is 9.47 Å². The molecule has 0 spiro atoms. The van der Waals surface area contributed by atoms with E-state index in [-0.39, 0.29) is 10.0 Å². The van der Waals surface area contributed by atoms with Gasteiger partial charge in [0.15, 0.2) is 0 Å². The lowest BCUT2D eigenvalue weighted by molar-refractivity contribution is -0.385. The van der Waals surface area contributed by atoms with E-state index < -0.39 is 38.9 Å². The van der Waals surface area contributed by atoms with Crippen LogP contribution in [-0.4, -0.2) is 16.0 Å². The highest BCUT2D eigenvalue weighted by Crippen LogP contribution is 2.32. The summed E-state index contributed by atoms with van der Waals surface area (Å²) in [5.74, 6) is -0.850. The van der Waals surface area contributed by atoms with Gasteiger partial charge in [-0.3, -0.25) is 20.2 Å². The highest BCUT2D eigenvalue weighted by Gasteiger charge is 2.23. The quantitative estimate of drug-likeness (QED) is 0.337. The summed E-state index contributed by atoms with van der Waals surface area (Å²) < 4.78 is 9.43. The van der Waals surface area contributed by atoms with E-state index in [1.165, 1.54) is 12.1 Å². The van der Waals surface area contributed by atoms with Crippen molar-refractivity contribution in [1.29, 1.82) is 0 Å². The van der Waals surface area contributed by atoms with E-state index in [1.807, 2.05) is 0 Å². The van der Waals surface area contributed by atoms with E-state index in [2.05, 4.69) is 0 Å². The molecule has 0 saturated carbocycles. The first-order valence-corrected chi connectivity index (χ1v) is 6.81. The molecule has 2 aromatic carbocycles. The van der Waals surface area contributed by atoms with E-state index in [9.17, 15) is 25.0 Å². The number of ether oxygens (including phenoxy) is 2. The summed E-state index contributed by atoms with van der Waals surface area (Å²) in [4.78, 5) is 31.9. The molecule has 0 unspecified atom stereocenters. The van der Waals surface area contributed by atoms with E-state index in [0.717, 1.165) is 24.3 Å². The summed E-state index contributed by atoms with van der Waals surface area (Å²) in [7, 11) is 0. The van der Waals surface area contributed by atoms with Gasteiger partial charge < -0.3 is 9.47 Å². The van der Waals surface area contributed by atoms with Crippen LogP contribution in [-0.2, 0) is 0 Å². The molecule has 24 heavy (non-hydrogen) atoms. The smallest absolute Gasteiger partial charge is 0.387 e. The van der Waals surface area contributed by atoms with Gasteiger partial charge in [0, 0.05) is 22.2 Å². The number of nitrogens with zero attached hydrogens (tertiary/aromatic N) is 2. The van der Waals surface area contributed by atoms with Crippen molar-refractivity contribution >= 4 is 40.7 Å². The fourth-order valence-electron chi connectivity index (χ4n) is 1.64. The molecule has 0 aliphatic rings. The molecular weight excluding hydrogens is 367 g/mol. The Bertz CT molecular complexity index is 774. The average Bonchev–Trinajstić information content (AvgIpc) is 2.50. The second kappa shape index (κ2) is 7.11. The third-order valence-corrected chi connectivity index (χ3v) is 3.09. The van der Waals surface area contributed by atoms with Gasteiger partial charge in [-0.1, -0.05) is 23.2 Å². The number of carbonyl (C=O) groups is 1. The van der Waals surface area contributed by atoms with E-state index in [4.69, 9.17) is 32.7 Å². The molecule has 124 valence electrons. The zero-order valence-corrected chi connectivity index (χ0v) is 13.0. The highest BCUT2D eigenvalue weighted by atomic mass is 35.5. The van der Waals surface area contributed by atoms with Crippen molar-refractivity contribution in [2.75, 3.05) is 0 Å². The van der Waals surface area contributed by atoms with Crippen LogP contribution in [0.5, 0.6) is 11.5 Å². The number of carbonyl (C=O) groups excluding carboxylic acids is 1. The Morgan fingerprint density at radius 3 is 1.54 bits per heavy atom. The van der Waals surface area contributed by atoms with Crippen LogP contribution in [0.1, 0.15) is 0 Å². The molecule has 2 aromatic rings. The molecule has 0 amide bonds. The van der Waals surface area contributed by atoms with Gasteiger partial charge in [-0.15, -0.1) is 0 Å². The summed E-state index contributed by atoms with van der Waals surface area (Å²) in [5, 5.41) is 21.9. The first-order valence-electron chi connectivity index (χ1n) is 6.05. The Morgan fingerprint density at radius 1 is 0.833 bits per heavy atom. The molecule has 0 heterocycles. The van der Waals surface area contributed by atoms with Crippen molar-refractivity contribution in [2.24, 2.45) is 0 Å². The van der Waals surface area contributed by atoms with Crippen LogP contribution in [0.15, 0.2) is 36.4 Å². The van der Waals surface area contributed by atoms with E-state index >= 15 is 0 Å². The lowest BCUT2D eigenvalue weighted by Gasteiger charge is -2.07. The topological polar surface area (TPSA) is 122 Å². The number of hydrogen-bond donors (Lipinski definition) is 0. The fraction of sp³-hybridized carbons (Fsp3) is 0. The SMILES string of the molecule is O=C(Oc1ccc(Cl)cc1[N+](=O)[O-])Oc1ccc(Cl)cc1[N+](=O)[O-]. The number of hydrogen-bond acceptors (Lipinski definition) is 7. The van der Waals surface area contributed by atoms with Crippen LogP contribution in [0.25, 0.3) is 0 Å². The molecule has 11 heteroatoms. The summed E-state index contributed by atoms with van der Waals surface area (Å²) in [6.45, 7) is 0. The van der Waals surface area contributed by atoms with Crippen molar-refractivity contribution in [3.05, 3.63) is 66.7 Å². The molecule has 0 aliphatic carbocycles. The normalized spacial score (nSPS) is 10.1. The summed E-state index contributed by atoms with van der Waals surface area (Å²) in [6, 6.07) is 6.68. The molecule has 0 radical (unpaired) electrons. The van der Waals surface area contributed by atoms with Gasteiger partial charge in [-0.2, -0.15) is 0 Å². The zero-order chi connectivity index (χ0) is 17.9. The van der Waals surface area contributed by atoms with E-state index in [0.29, 0.717) is 0 Å². The standard InChI is InChI=1S/C13H6Cl2N2O7/c14-7-1-3-11(9(5-7)16(19)20)23-13(18)24-12-4-2-8(15)6-10(12)17(21)22/h1-6H. The van der Waals surface area contributed by atoms with Crippen molar-refractivity contribution in [3.63, 3.8) is 0 Å². The second-order valence-electron chi connectivity index (χ2n) is 4.19. The van der Waals surface area contributed by atoms with Crippen molar-refractivity contribution in [3.8, 4) is 11.5 Å². The van der Waals surface area contributed by atoms with Gasteiger partial charge in [0.2, 0.25) is 11.5 Å². The third-order valence-electron chi connectivity index (χ3n) is 2.62. The lowest BCUT2D eigenvalue weighted by atomic mass is 10.3. The molecule has 9 nitrogen and oxygen atoms in total. The van der Waals surface area contributed by atoms with Gasteiger partial charge in [0.05, 0.1) is 9.85 Å². The largest absolute Gasteiger partial charge is 0.519 e. The Kier molecular flexibility index (Phi) is 5.17. The minimum atomic E-state index is -1.40. The molecule has 0 saturated heterocycles.